The molecule has 0 heterocycles. The Morgan fingerprint density at radius 1 is 1.64 bits per heavy atom. The van der Waals surface area contributed by atoms with Gasteiger partial charge in [-0.05, 0) is 19.8 Å². The van der Waals surface area contributed by atoms with Crippen LogP contribution in [0.4, 0.5) is 0 Å². The molecule has 0 saturated heterocycles. The van der Waals surface area contributed by atoms with E-state index in [1.54, 1.807) is 13.0 Å². The molecule has 0 bridgehead atoms. The molecule has 0 rings (SSSR count). The van der Waals surface area contributed by atoms with Gasteiger partial charge in [0.25, 0.3) is 0 Å². The van der Waals surface area contributed by atoms with Crippen LogP contribution in [-0.2, 0) is 0 Å². The maximum atomic E-state index is 8.83. The molecule has 0 aliphatic rings. The van der Waals surface area contributed by atoms with Gasteiger partial charge >= 0.3 is 0 Å². The van der Waals surface area contributed by atoms with Crippen LogP contribution in [0.15, 0.2) is 24.3 Å². The fourth-order valence-corrected chi connectivity index (χ4v) is 0.692. The summed E-state index contributed by atoms with van der Waals surface area (Å²) in [5, 5.41) is 17.3. The normalized spacial score (nSPS) is 13.7. The van der Waals surface area contributed by atoms with E-state index in [-0.39, 0.29) is 6.61 Å². The number of aliphatic hydroxyl groups excluding tert-OH is 2. The van der Waals surface area contributed by atoms with Crippen molar-refractivity contribution in [2.24, 2.45) is 0 Å². The van der Waals surface area contributed by atoms with Crippen molar-refractivity contribution >= 4 is 0 Å². The van der Waals surface area contributed by atoms with E-state index in [2.05, 4.69) is 6.58 Å². The SMILES string of the molecule is C=C(C/C=C/C(C)O)CCO. The smallest absolute Gasteiger partial charge is 0.0692 e. The van der Waals surface area contributed by atoms with Gasteiger partial charge in [-0.2, -0.15) is 0 Å². The molecule has 0 aromatic carbocycles. The van der Waals surface area contributed by atoms with Crippen molar-refractivity contribution in [3.05, 3.63) is 24.3 Å². The Morgan fingerprint density at radius 2 is 2.27 bits per heavy atom. The van der Waals surface area contributed by atoms with Crippen molar-refractivity contribution in [3.8, 4) is 0 Å². The van der Waals surface area contributed by atoms with Gasteiger partial charge in [0.2, 0.25) is 0 Å². The summed E-state index contributed by atoms with van der Waals surface area (Å²) in [6.45, 7) is 5.60. The first-order chi connectivity index (χ1) is 5.16. The van der Waals surface area contributed by atoms with Crippen LogP contribution in [0, 0.1) is 0 Å². The number of aliphatic hydroxyl groups is 2. The second kappa shape index (κ2) is 6.13. The van der Waals surface area contributed by atoms with Crippen molar-refractivity contribution < 1.29 is 10.2 Å². The van der Waals surface area contributed by atoms with Crippen LogP contribution >= 0.6 is 0 Å². The van der Waals surface area contributed by atoms with E-state index in [0.717, 1.165) is 12.0 Å². The monoisotopic (exact) mass is 156 g/mol. The molecule has 2 N–H and O–H groups in total. The third-order valence-corrected chi connectivity index (χ3v) is 1.29. The summed E-state index contributed by atoms with van der Waals surface area (Å²) >= 11 is 0. The van der Waals surface area contributed by atoms with E-state index in [1.807, 2.05) is 6.08 Å². The largest absolute Gasteiger partial charge is 0.396 e. The quantitative estimate of drug-likeness (QED) is 0.588. The molecule has 2 nitrogen and oxygen atoms in total. The van der Waals surface area contributed by atoms with E-state index >= 15 is 0 Å². The molecule has 2 heteroatoms. The van der Waals surface area contributed by atoms with Crippen molar-refractivity contribution in [2.75, 3.05) is 6.61 Å². The van der Waals surface area contributed by atoms with E-state index in [9.17, 15) is 0 Å². The Balaban J connectivity index is 3.45. The number of rotatable bonds is 5. The molecule has 0 aliphatic heterocycles. The second-order valence-electron chi connectivity index (χ2n) is 2.60. The molecule has 0 saturated carbocycles. The minimum absolute atomic E-state index is 0.154. The highest BCUT2D eigenvalue weighted by atomic mass is 16.3. The summed E-state index contributed by atoms with van der Waals surface area (Å²) in [5.74, 6) is 0. The molecular formula is C9H16O2. The lowest BCUT2D eigenvalue weighted by atomic mass is 10.1. The Labute approximate surface area is 67.9 Å². The number of hydrogen-bond acceptors (Lipinski definition) is 2. The summed E-state index contributed by atoms with van der Waals surface area (Å²) in [6, 6.07) is 0. The number of allylic oxidation sites excluding steroid dienone is 1. The Bertz CT molecular complexity index is 136. The lowest BCUT2D eigenvalue weighted by molar-refractivity contribution is 0.244. The van der Waals surface area contributed by atoms with Crippen molar-refractivity contribution in [1.29, 1.82) is 0 Å². The van der Waals surface area contributed by atoms with Crippen LogP contribution in [0.5, 0.6) is 0 Å². The van der Waals surface area contributed by atoms with Gasteiger partial charge in [0.15, 0.2) is 0 Å². The highest BCUT2D eigenvalue weighted by molar-refractivity contribution is 5.02. The zero-order valence-corrected chi connectivity index (χ0v) is 6.95. The van der Waals surface area contributed by atoms with Gasteiger partial charge in [-0.1, -0.05) is 24.3 Å². The lowest BCUT2D eigenvalue weighted by Gasteiger charge is -1.98. The van der Waals surface area contributed by atoms with Crippen molar-refractivity contribution in [2.45, 2.75) is 25.9 Å². The first-order valence-corrected chi connectivity index (χ1v) is 3.79. The van der Waals surface area contributed by atoms with Crippen molar-refractivity contribution in [3.63, 3.8) is 0 Å². The molecule has 1 unspecified atom stereocenters. The average molecular weight is 156 g/mol. The zero-order valence-electron chi connectivity index (χ0n) is 6.95. The fraction of sp³-hybridized carbons (Fsp3) is 0.556. The Hall–Kier alpha value is -0.600. The van der Waals surface area contributed by atoms with Crippen LogP contribution in [0.25, 0.3) is 0 Å². The Morgan fingerprint density at radius 3 is 2.73 bits per heavy atom. The first-order valence-electron chi connectivity index (χ1n) is 3.79. The average Bonchev–Trinajstić information content (AvgIpc) is 1.87. The van der Waals surface area contributed by atoms with Gasteiger partial charge < -0.3 is 10.2 Å². The summed E-state index contributed by atoms with van der Waals surface area (Å²) in [5.41, 5.74) is 0.990. The molecule has 0 spiro atoms. The van der Waals surface area contributed by atoms with E-state index in [4.69, 9.17) is 10.2 Å². The van der Waals surface area contributed by atoms with Gasteiger partial charge in [-0.25, -0.2) is 0 Å². The minimum atomic E-state index is -0.392. The number of hydrogen-bond donors (Lipinski definition) is 2. The summed E-state index contributed by atoms with van der Waals surface area (Å²) < 4.78 is 0. The third-order valence-electron chi connectivity index (χ3n) is 1.29. The standard InChI is InChI=1S/C9H16O2/c1-8(6-7-10)4-3-5-9(2)11/h3,5,9-11H,1,4,6-7H2,2H3/b5-3+. The predicted octanol–water partition coefficient (Wildman–Crippen LogP) is 1.25. The molecule has 0 amide bonds. The van der Waals surface area contributed by atoms with Crippen LogP contribution in [0.3, 0.4) is 0 Å². The maximum Gasteiger partial charge on any atom is 0.0692 e. The lowest BCUT2D eigenvalue weighted by Crippen LogP contribution is -1.92. The maximum absolute atomic E-state index is 8.83. The van der Waals surface area contributed by atoms with Gasteiger partial charge in [0.1, 0.15) is 0 Å². The molecule has 1 atom stereocenters. The van der Waals surface area contributed by atoms with Crippen LogP contribution in [-0.4, -0.2) is 22.9 Å². The van der Waals surface area contributed by atoms with E-state index < -0.39 is 6.10 Å². The molecule has 11 heavy (non-hydrogen) atoms. The highest BCUT2D eigenvalue weighted by Gasteiger charge is 1.90. The molecule has 0 radical (unpaired) electrons. The van der Waals surface area contributed by atoms with Gasteiger partial charge in [0, 0.05) is 6.61 Å². The van der Waals surface area contributed by atoms with Gasteiger partial charge in [-0.3, -0.25) is 0 Å². The zero-order chi connectivity index (χ0) is 8.69. The van der Waals surface area contributed by atoms with E-state index in [1.165, 1.54) is 0 Å². The molecule has 0 aromatic heterocycles. The van der Waals surface area contributed by atoms with Crippen LogP contribution < -0.4 is 0 Å². The topological polar surface area (TPSA) is 40.5 Å². The molecule has 0 aliphatic carbocycles. The molecule has 0 fully saturated rings. The van der Waals surface area contributed by atoms with Crippen LogP contribution in [0.1, 0.15) is 19.8 Å². The second-order valence-corrected chi connectivity index (χ2v) is 2.60. The van der Waals surface area contributed by atoms with Crippen LogP contribution in [0.2, 0.25) is 0 Å². The summed E-state index contributed by atoms with van der Waals surface area (Å²) in [4.78, 5) is 0. The molecular weight excluding hydrogens is 140 g/mol. The van der Waals surface area contributed by atoms with Crippen molar-refractivity contribution in [1.82, 2.24) is 0 Å². The highest BCUT2D eigenvalue weighted by Crippen LogP contribution is 2.03. The Kier molecular flexibility index (Phi) is 5.80. The fourth-order valence-electron chi connectivity index (χ4n) is 0.692. The van der Waals surface area contributed by atoms with E-state index in [0.29, 0.717) is 6.42 Å². The summed E-state index contributed by atoms with van der Waals surface area (Å²) in [6.07, 6.45) is 4.57. The molecule has 64 valence electrons. The molecule has 0 aromatic rings. The first kappa shape index (κ1) is 10.4. The van der Waals surface area contributed by atoms with Gasteiger partial charge in [0.05, 0.1) is 6.10 Å². The third kappa shape index (κ3) is 7.30. The summed E-state index contributed by atoms with van der Waals surface area (Å²) in [7, 11) is 0. The minimum Gasteiger partial charge on any atom is -0.396 e. The predicted molar refractivity (Wildman–Crippen MR) is 46.3 cm³/mol. The van der Waals surface area contributed by atoms with Gasteiger partial charge in [-0.15, -0.1) is 0 Å².